The molecule has 31 heavy (non-hydrogen) atoms. The second kappa shape index (κ2) is 9.04. The summed E-state index contributed by atoms with van der Waals surface area (Å²) in [4.78, 5) is 17.0. The van der Waals surface area contributed by atoms with Crippen molar-refractivity contribution in [2.45, 2.75) is 39.7 Å². The van der Waals surface area contributed by atoms with Gasteiger partial charge in [-0.25, -0.2) is 9.48 Å². The van der Waals surface area contributed by atoms with Crippen LogP contribution in [0.25, 0.3) is 0 Å². The van der Waals surface area contributed by atoms with Gasteiger partial charge in [-0.05, 0) is 41.7 Å². The Hall–Kier alpha value is -3.61. The molecule has 0 aliphatic heterocycles. The average Bonchev–Trinajstić information content (AvgIpc) is 2.98. The fraction of sp³-hybridized carbons (Fsp3) is 0.292. The van der Waals surface area contributed by atoms with Gasteiger partial charge in [0.25, 0.3) is 0 Å². The highest BCUT2D eigenvalue weighted by Gasteiger charge is 2.22. The van der Waals surface area contributed by atoms with Crippen LogP contribution in [0.1, 0.15) is 53.5 Å². The molecule has 0 bridgehead atoms. The van der Waals surface area contributed by atoms with Gasteiger partial charge in [0.05, 0.1) is 23.0 Å². The maximum absolute atomic E-state index is 11.5. The van der Waals surface area contributed by atoms with E-state index in [1.165, 1.54) is 0 Å². The Morgan fingerprint density at radius 3 is 2.55 bits per heavy atom. The Morgan fingerprint density at radius 2 is 1.90 bits per heavy atom. The molecule has 0 spiro atoms. The van der Waals surface area contributed by atoms with Crippen LogP contribution in [0, 0.1) is 6.92 Å². The van der Waals surface area contributed by atoms with Crippen LogP contribution in [0.15, 0.2) is 53.7 Å². The summed E-state index contributed by atoms with van der Waals surface area (Å²) in [5, 5.41) is 17.9. The molecule has 0 unspecified atom stereocenters. The minimum absolute atomic E-state index is 0.216. The smallest absolute Gasteiger partial charge is 0.335 e. The van der Waals surface area contributed by atoms with E-state index in [9.17, 15) is 9.90 Å². The average molecular weight is 421 g/mol. The number of benzene rings is 2. The van der Waals surface area contributed by atoms with Gasteiger partial charge in [0.15, 0.2) is 0 Å². The zero-order valence-electron chi connectivity index (χ0n) is 18.4. The Morgan fingerprint density at radius 1 is 1.19 bits per heavy atom. The van der Waals surface area contributed by atoms with Crippen LogP contribution in [0.3, 0.4) is 0 Å². The predicted octanol–water partition coefficient (Wildman–Crippen LogP) is 5.07. The monoisotopic (exact) mass is 421 g/mol. The fourth-order valence-corrected chi connectivity index (χ4v) is 3.21. The molecule has 1 heterocycles. The molecule has 0 radical (unpaired) electrons. The second-order valence-corrected chi connectivity index (χ2v) is 8.29. The number of nitrogens with zero attached hydrogens (tertiary/aromatic N) is 3. The van der Waals surface area contributed by atoms with E-state index in [2.05, 4.69) is 10.3 Å². The highest BCUT2D eigenvalue weighted by atomic mass is 16.6. The summed E-state index contributed by atoms with van der Waals surface area (Å²) in [5.41, 5.74) is 3.09. The lowest BCUT2D eigenvalue weighted by atomic mass is 9.83. The quantitative estimate of drug-likeness (QED) is 0.425. The number of ether oxygens (including phenoxy) is 1. The molecule has 1 aromatic heterocycles. The van der Waals surface area contributed by atoms with E-state index >= 15 is 0 Å². The summed E-state index contributed by atoms with van der Waals surface area (Å²) < 4.78 is 7.62. The summed E-state index contributed by atoms with van der Waals surface area (Å²) in [6.07, 6.45) is 1.58. The van der Waals surface area contributed by atoms with Crippen molar-refractivity contribution in [2.75, 3.05) is 0 Å². The summed E-state index contributed by atoms with van der Waals surface area (Å²) in [5.74, 6) is 0.333. The molecule has 2 aromatic carbocycles. The number of para-hydroxylation sites is 1. The van der Waals surface area contributed by atoms with Gasteiger partial charge in [0, 0.05) is 7.05 Å². The fourth-order valence-electron chi connectivity index (χ4n) is 3.21. The molecule has 3 rings (SSSR count). The van der Waals surface area contributed by atoms with Crippen LogP contribution in [0.5, 0.6) is 11.6 Å². The van der Waals surface area contributed by atoms with E-state index in [1.807, 2.05) is 71.1 Å². The van der Waals surface area contributed by atoms with Crippen LogP contribution in [-0.2, 0) is 23.9 Å². The van der Waals surface area contributed by atoms with Crippen molar-refractivity contribution in [1.82, 2.24) is 9.78 Å². The van der Waals surface area contributed by atoms with Gasteiger partial charge in [0.1, 0.15) is 12.4 Å². The Kier molecular flexibility index (Phi) is 6.44. The molecule has 162 valence electrons. The first kappa shape index (κ1) is 22.1. The number of carboxylic acid groups (broad SMARTS) is 1. The van der Waals surface area contributed by atoms with Crippen molar-refractivity contribution >= 4 is 12.2 Å². The van der Waals surface area contributed by atoms with E-state index < -0.39 is 5.97 Å². The van der Waals surface area contributed by atoms with Gasteiger partial charge < -0.3 is 14.7 Å². The Balaban J connectivity index is 1.74. The number of aromatic nitrogens is 2. The number of aromatic carboxylic acids is 1. The number of aryl methyl sites for hydroxylation is 2. The molecule has 0 aliphatic rings. The number of carbonyl (C=O) groups is 1. The Bertz CT molecular complexity index is 1100. The van der Waals surface area contributed by atoms with E-state index in [0.29, 0.717) is 17.2 Å². The van der Waals surface area contributed by atoms with Crippen molar-refractivity contribution in [3.05, 3.63) is 76.5 Å². The number of oxime groups is 1. The molecule has 7 heteroatoms. The van der Waals surface area contributed by atoms with E-state index in [1.54, 1.807) is 23.0 Å². The van der Waals surface area contributed by atoms with Crippen LogP contribution in [-0.4, -0.2) is 27.1 Å². The van der Waals surface area contributed by atoms with Crippen LogP contribution < -0.4 is 4.74 Å². The maximum atomic E-state index is 11.5. The van der Waals surface area contributed by atoms with Crippen LogP contribution in [0.2, 0.25) is 0 Å². The summed E-state index contributed by atoms with van der Waals surface area (Å²) in [6, 6.07) is 14.7. The van der Waals surface area contributed by atoms with Crippen molar-refractivity contribution < 1.29 is 19.5 Å². The van der Waals surface area contributed by atoms with Crippen molar-refractivity contribution in [3.63, 3.8) is 0 Å². The minimum atomic E-state index is -0.937. The molecule has 0 amide bonds. The van der Waals surface area contributed by atoms with Crippen molar-refractivity contribution in [2.24, 2.45) is 12.2 Å². The summed E-state index contributed by atoms with van der Waals surface area (Å²) in [6.45, 7) is 8.04. The molecule has 0 fully saturated rings. The molecular weight excluding hydrogens is 394 g/mol. The maximum Gasteiger partial charge on any atom is 0.335 e. The molecule has 0 saturated carbocycles. The molecule has 0 atom stereocenters. The van der Waals surface area contributed by atoms with Gasteiger partial charge in [-0.2, -0.15) is 5.10 Å². The third-order valence-corrected chi connectivity index (χ3v) is 4.78. The largest absolute Gasteiger partial charge is 0.478 e. The third-order valence-electron chi connectivity index (χ3n) is 4.78. The normalized spacial score (nSPS) is 11.6. The highest BCUT2D eigenvalue weighted by molar-refractivity contribution is 5.90. The third kappa shape index (κ3) is 5.31. The van der Waals surface area contributed by atoms with Gasteiger partial charge in [-0.15, -0.1) is 0 Å². The first-order chi connectivity index (χ1) is 14.7. The van der Waals surface area contributed by atoms with E-state index in [0.717, 1.165) is 22.4 Å². The first-order valence-corrected chi connectivity index (χ1v) is 9.95. The van der Waals surface area contributed by atoms with E-state index in [-0.39, 0.29) is 12.0 Å². The zero-order valence-corrected chi connectivity index (χ0v) is 18.4. The first-order valence-electron chi connectivity index (χ1n) is 9.95. The van der Waals surface area contributed by atoms with Gasteiger partial charge >= 0.3 is 5.97 Å². The Labute approximate surface area is 181 Å². The molecule has 7 nitrogen and oxygen atoms in total. The summed E-state index contributed by atoms with van der Waals surface area (Å²) in [7, 11) is 1.81. The standard InChI is InChI=1S/C24H27N3O4/c1-16-20(22(27(5)26-16)31-18-9-7-6-8-10-18)14-25-30-15-17-11-12-19(23(28)29)21(13-17)24(2,3)4/h6-14H,15H2,1-5H3,(H,28,29)/b25-14+. The lowest BCUT2D eigenvalue weighted by Crippen LogP contribution is -2.17. The molecule has 0 aliphatic carbocycles. The topological polar surface area (TPSA) is 85.9 Å². The summed E-state index contributed by atoms with van der Waals surface area (Å²) >= 11 is 0. The van der Waals surface area contributed by atoms with Crippen LogP contribution in [0.4, 0.5) is 0 Å². The number of hydrogen-bond acceptors (Lipinski definition) is 5. The van der Waals surface area contributed by atoms with Crippen molar-refractivity contribution in [3.8, 4) is 11.6 Å². The van der Waals surface area contributed by atoms with Crippen molar-refractivity contribution in [1.29, 1.82) is 0 Å². The lowest BCUT2D eigenvalue weighted by Gasteiger charge is -2.22. The van der Waals surface area contributed by atoms with Gasteiger partial charge in [0.2, 0.25) is 5.88 Å². The minimum Gasteiger partial charge on any atom is -0.478 e. The molecule has 3 aromatic rings. The lowest BCUT2D eigenvalue weighted by molar-refractivity contribution is 0.0694. The van der Waals surface area contributed by atoms with Crippen LogP contribution >= 0.6 is 0 Å². The second-order valence-electron chi connectivity index (χ2n) is 8.29. The van der Waals surface area contributed by atoms with Gasteiger partial charge in [-0.3, -0.25) is 0 Å². The zero-order chi connectivity index (χ0) is 22.6. The molecular formula is C24H27N3O4. The molecule has 1 N–H and O–H groups in total. The van der Waals surface area contributed by atoms with Gasteiger partial charge in [-0.1, -0.05) is 56.3 Å². The number of rotatable bonds is 7. The van der Waals surface area contributed by atoms with E-state index in [4.69, 9.17) is 9.57 Å². The molecule has 0 saturated heterocycles. The number of carboxylic acids is 1. The highest BCUT2D eigenvalue weighted by Crippen LogP contribution is 2.28. The predicted molar refractivity (Wildman–Crippen MR) is 119 cm³/mol. The number of hydrogen-bond donors (Lipinski definition) is 1. The SMILES string of the molecule is Cc1nn(C)c(Oc2ccccc2)c1/C=N/OCc1ccc(C(=O)O)c(C(C)(C)C)c1.